The second-order valence-corrected chi connectivity index (χ2v) is 9.06. The van der Waals surface area contributed by atoms with Gasteiger partial charge in [-0.15, -0.1) is 0 Å². The lowest BCUT2D eigenvalue weighted by Crippen LogP contribution is -2.57. The average Bonchev–Trinajstić information content (AvgIpc) is 2.77. The van der Waals surface area contributed by atoms with E-state index >= 15 is 0 Å². The molecule has 0 aliphatic carbocycles. The van der Waals surface area contributed by atoms with Gasteiger partial charge in [-0.05, 0) is 55.9 Å². The summed E-state index contributed by atoms with van der Waals surface area (Å²) >= 11 is 0. The van der Waals surface area contributed by atoms with E-state index in [1.165, 1.54) is 35.2 Å². The van der Waals surface area contributed by atoms with Crippen LogP contribution in [0.2, 0.25) is 0 Å². The zero-order valence-electron chi connectivity index (χ0n) is 18.6. The lowest BCUT2D eigenvalue weighted by Gasteiger charge is -2.47. The first-order valence-corrected chi connectivity index (χ1v) is 11.6. The SMILES string of the molecule is Cc1ccccc1CN1CCN(C2CCN(c3ccccc3C)CC2)C[C@@H]1CCO. The minimum Gasteiger partial charge on any atom is -0.396 e. The van der Waals surface area contributed by atoms with E-state index in [1.807, 2.05) is 0 Å². The molecule has 2 saturated heterocycles. The molecule has 162 valence electrons. The van der Waals surface area contributed by atoms with Crippen molar-refractivity contribution in [1.82, 2.24) is 9.80 Å². The van der Waals surface area contributed by atoms with E-state index in [9.17, 15) is 5.11 Å². The summed E-state index contributed by atoms with van der Waals surface area (Å²) in [5.41, 5.74) is 5.56. The maximum absolute atomic E-state index is 9.69. The van der Waals surface area contributed by atoms with Crippen LogP contribution in [0.3, 0.4) is 0 Å². The van der Waals surface area contributed by atoms with Gasteiger partial charge in [0.2, 0.25) is 0 Å². The molecule has 4 rings (SSSR count). The molecule has 0 unspecified atom stereocenters. The highest BCUT2D eigenvalue weighted by Crippen LogP contribution is 2.27. The van der Waals surface area contributed by atoms with Crippen LogP contribution in [0.25, 0.3) is 0 Å². The number of aliphatic hydroxyl groups is 1. The summed E-state index contributed by atoms with van der Waals surface area (Å²) in [7, 11) is 0. The molecular weight excluding hydrogens is 370 g/mol. The lowest BCUT2D eigenvalue weighted by molar-refractivity contribution is 0.0253. The first-order chi connectivity index (χ1) is 14.7. The van der Waals surface area contributed by atoms with Gasteiger partial charge in [0, 0.05) is 63.6 Å². The van der Waals surface area contributed by atoms with Gasteiger partial charge >= 0.3 is 0 Å². The summed E-state index contributed by atoms with van der Waals surface area (Å²) in [5.74, 6) is 0. The van der Waals surface area contributed by atoms with E-state index in [0.717, 1.165) is 45.7 Å². The van der Waals surface area contributed by atoms with Gasteiger partial charge in [0.1, 0.15) is 0 Å². The van der Waals surface area contributed by atoms with Crippen LogP contribution in [-0.4, -0.2) is 66.3 Å². The van der Waals surface area contributed by atoms with Gasteiger partial charge in [0.15, 0.2) is 0 Å². The highest BCUT2D eigenvalue weighted by Gasteiger charge is 2.32. The van der Waals surface area contributed by atoms with Gasteiger partial charge in [-0.2, -0.15) is 0 Å². The molecule has 2 fully saturated rings. The van der Waals surface area contributed by atoms with Crippen LogP contribution >= 0.6 is 0 Å². The molecule has 0 saturated carbocycles. The fourth-order valence-electron chi connectivity index (χ4n) is 5.28. The Hall–Kier alpha value is -1.88. The highest BCUT2D eigenvalue weighted by atomic mass is 16.3. The number of nitrogens with zero attached hydrogens (tertiary/aromatic N) is 3. The van der Waals surface area contributed by atoms with Crippen LogP contribution in [0.15, 0.2) is 48.5 Å². The van der Waals surface area contributed by atoms with Crippen molar-refractivity contribution < 1.29 is 5.11 Å². The highest BCUT2D eigenvalue weighted by molar-refractivity contribution is 5.53. The van der Waals surface area contributed by atoms with Gasteiger partial charge < -0.3 is 10.0 Å². The normalized spacial score (nSPS) is 21.8. The second kappa shape index (κ2) is 9.95. The lowest BCUT2D eigenvalue weighted by atomic mass is 9.98. The quantitative estimate of drug-likeness (QED) is 0.788. The molecule has 4 nitrogen and oxygen atoms in total. The molecule has 0 aromatic heterocycles. The molecule has 0 spiro atoms. The van der Waals surface area contributed by atoms with E-state index in [-0.39, 0.29) is 6.61 Å². The number of hydrogen-bond acceptors (Lipinski definition) is 4. The maximum Gasteiger partial charge on any atom is 0.0446 e. The molecule has 0 amide bonds. The minimum atomic E-state index is 0.272. The van der Waals surface area contributed by atoms with E-state index in [4.69, 9.17) is 0 Å². The molecule has 4 heteroatoms. The molecular formula is C26H37N3O. The number of benzene rings is 2. The predicted octanol–water partition coefficient (Wildman–Crippen LogP) is 3.84. The Bertz CT molecular complexity index is 815. The van der Waals surface area contributed by atoms with Crippen LogP contribution in [0.1, 0.15) is 36.0 Å². The number of piperidine rings is 1. The molecule has 30 heavy (non-hydrogen) atoms. The van der Waals surface area contributed by atoms with Gasteiger partial charge in [-0.25, -0.2) is 0 Å². The second-order valence-electron chi connectivity index (χ2n) is 9.06. The van der Waals surface area contributed by atoms with Crippen LogP contribution in [0, 0.1) is 13.8 Å². The summed E-state index contributed by atoms with van der Waals surface area (Å²) in [6, 6.07) is 18.6. The Morgan fingerprint density at radius 3 is 2.27 bits per heavy atom. The van der Waals surface area contributed by atoms with Crippen molar-refractivity contribution in [2.45, 2.75) is 51.7 Å². The zero-order valence-corrected chi connectivity index (χ0v) is 18.6. The summed E-state index contributed by atoms with van der Waals surface area (Å²) in [5, 5.41) is 9.69. The number of aliphatic hydroxyl groups excluding tert-OH is 1. The molecule has 2 aromatic rings. The van der Waals surface area contributed by atoms with Crippen LogP contribution in [0.5, 0.6) is 0 Å². The van der Waals surface area contributed by atoms with Crippen molar-refractivity contribution in [3.05, 3.63) is 65.2 Å². The molecule has 1 atom stereocenters. The van der Waals surface area contributed by atoms with Crippen molar-refractivity contribution in [2.24, 2.45) is 0 Å². The summed E-state index contributed by atoms with van der Waals surface area (Å²) in [4.78, 5) is 7.87. The topological polar surface area (TPSA) is 30.0 Å². The predicted molar refractivity (Wildman–Crippen MR) is 125 cm³/mol. The van der Waals surface area contributed by atoms with E-state index in [2.05, 4.69) is 77.1 Å². The fraction of sp³-hybridized carbons (Fsp3) is 0.538. The number of piperazine rings is 1. The van der Waals surface area contributed by atoms with Crippen LogP contribution in [-0.2, 0) is 6.54 Å². The summed E-state index contributed by atoms with van der Waals surface area (Å²) in [6.45, 7) is 11.3. The molecule has 0 radical (unpaired) electrons. The van der Waals surface area contributed by atoms with Crippen LogP contribution < -0.4 is 4.90 Å². The standard InChI is InChI=1S/C26H37N3O/c1-21-7-3-5-9-23(21)19-28-16-17-29(20-25(28)13-18-30)24-11-14-27(15-12-24)26-10-6-4-8-22(26)2/h3-10,24-25,30H,11-20H2,1-2H3/t25-/m0/s1. The van der Waals surface area contributed by atoms with Gasteiger partial charge in [0.05, 0.1) is 0 Å². The minimum absolute atomic E-state index is 0.272. The van der Waals surface area contributed by atoms with E-state index < -0.39 is 0 Å². The fourth-order valence-corrected chi connectivity index (χ4v) is 5.28. The monoisotopic (exact) mass is 407 g/mol. The van der Waals surface area contributed by atoms with Crippen LogP contribution in [0.4, 0.5) is 5.69 Å². The Morgan fingerprint density at radius 2 is 1.57 bits per heavy atom. The largest absolute Gasteiger partial charge is 0.396 e. The maximum atomic E-state index is 9.69. The van der Waals surface area contributed by atoms with Crippen molar-refractivity contribution in [2.75, 3.05) is 44.2 Å². The van der Waals surface area contributed by atoms with Gasteiger partial charge in [0.25, 0.3) is 0 Å². The third-order valence-corrected chi connectivity index (χ3v) is 7.17. The molecule has 2 heterocycles. The summed E-state index contributed by atoms with van der Waals surface area (Å²) in [6.07, 6.45) is 3.33. The zero-order chi connectivity index (χ0) is 20.9. The average molecular weight is 408 g/mol. The molecule has 1 N–H and O–H groups in total. The van der Waals surface area contributed by atoms with Gasteiger partial charge in [-0.1, -0.05) is 42.5 Å². The third kappa shape index (κ3) is 4.88. The Kier molecular flexibility index (Phi) is 7.08. The number of hydrogen-bond donors (Lipinski definition) is 1. The molecule has 2 aromatic carbocycles. The smallest absolute Gasteiger partial charge is 0.0446 e. The first-order valence-electron chi connectivity index (χ1n) is 11.6. The Labute approximate surface area is 182 Å². The van der Waals surface area contributed by atoms with E-state index in [0.29, 0.717) is 12.1 Å². The van der Waals surface area contributed by atoms with Gasteiger partial charge in [-0.3, -0.25) is 9.80 Å². The Balaban J connectivity index is 1.35. The van der Waals surface area contributed by atoms with Crippen molar-refractivity contribution >= 4 is 5.69 Å². The number of anilines is 1. The molecule has 0 bridgehead atoms. The van der Waals surface area contributed by atoms with E-state index in [1.54, 1.807) is 0 Å². The van der Waals surface area contributed by atoms with Crippen molar-refractivity contribution in [3.63, 3.8) is 0 Å². The summed E-state index contributed by atoms with van der Waals surface area (Å²) < 4.78 is 0. The molecule has 2 aliphatic heterocycles. The first kappa shape index (κ1) is 21.4. The van der Waals surface area contributed by atoms with Crippen molar-refractivity contribution in [1.29, 1.82) is 0 Å². The Morgan fingerprint density at radius 1 is 0.867 bits per heavy atom. The number of aryl methyl sites for hydroxylation is 2. The van der Waals surface area contributed by atoms with Crippen molar-refractivity contribution in [3.8, 4) is 0 Å². The number of para-hydroxylation sites is 1. The third-order valence-electron chi connectivity index (χ3n) is 7.17. The number of rotatable bonds is 6. The molecule has 2 aliphatic rings.